The summed E-state index contributed by atoms with van der Waals surface area (Å²) in [6.45, 7) is 6.16. The van der Waals surface area contributed by atoms with Crippen molar-refractivity contribution >= 4 is 10.9 Å². The Bertz CT molecular complexity index is 691. The lowest BCUT2D eigenvalue weighted by Crippen LogP contribution is -2.07. The van der Waals surface area contributed by atoms with E-state index >= 15 is 0 Å². The predicted molar refractivity (Wildman–Crippen MR) is 78.3 cm³/mol. The van der Waals surface area contributed by atoms with Gasteiger partial charge in [0.15, 0.2) is 0 Å². The summed E-state index contributed by atoms with van der Waals surface area (Å²) in [7, 11) is 0. The molecule has 0 saturated carbocycles. The van der Waals surface area contributed by atoms with Gasteiger partial charge < -0.3 is 9.13 Å². The second kappa shape index (κ2) is 4.92. The van der Waals surface area contributed by atoms with Crippen LogP contribution in [0.1, 0.15) is 25.2 Å². The summed E-state index contributed by atoms with van der Waals surface area (Å²) in [6, 6.07) is 8.72. The van der Waals surface area contributed by atoms with Crippen molar-refractivity contribution in [3.63, 3.8) is 0 Å². The Kier molecular flexibility index (Phi) is 3.11. The monoisotopic (exact) mass is 253 g/mol. The highest BCUT2D eigenvalue weighted by Crippen LogP contribution is 2.21. The fraction of sp³-hybridized carbons (Fsp3) is 0.312. The van der Waals surface area contributed by atoms with E-state index in [9.17, 15) is 0 Å². The summed E-state index contributed by atoms with van der Waals surface area (Å²) in [5, 5.41) is 1.31. The van der Waals surface area contributed by atoms with Crippen LogP contribution in [0.25, 0.3) is 10.9 Å². The molecule has 0 saturated heterocycles. The first-order valence-corrected chi connectivity index (χ1v) is 6.90. The summed E-state index contributed by atoms with van der Waals surface area (Å²) in [5.41, 5.74) is 2.74. The van der Waals surface area contributed by atoms with E-state index < -0.39 is 0 Å². The largest absolute Gasteiger partial charge is 0.340 e. The summed E-state index contributed by atoms with van der Waals surface area (Å²) in [4.78, 5) is 4.47. The molecule has 0 aliphatic carbocycles. The second-order valence-electron chi connectivity index (χ2n) is 4.78. The van der Waals surface area contributed by atoms with Gasteiger partial charge in [0.1, 0.15) is 5.82 Å². The zero-order chi connectivity index (χ0) is 13.2. The quantitative estimate of drug-likeness (QED) is 0.698. The van der Waals surface area contributed by atoms with E-state index in [1.165, 1.54) is 16.5 Å². The molecule has 2 aromatic heterocycles. The molecule has 0 bridgehead atoms. The van der Waals surface area contributed by atoms with Crippen LogP contribution in [0.15, 0.2) is 42.9 Å². The first-order valence-electron chi connectivity index (χ1n) is 6.90. The maximum atomic E-state index is 4.47. The van der Waals surface area contributed by atoms with Crippen LogP contribution in [-0.4, -0.2) is 14.1 Å². The van der Waals surface area contributed by atoms with E-state index in [0.717, 1.165) is 25.3 Å². The highest BCUT2D eigenvalue weighted by atomic mass is 15.1. The van der Waals surface area contributed by atoms with E-state index in [4.69, 9.17) is 0 Å². The third-order valence-electron chi connectivity index (χ3n) is 3.71. The van der Waals surface area contributed by atoms with Gasteiger partial charge in [-0.05, 0) is 30.4 Å². The molecule has 3 aromatic rings. The maximum Gasteiger partial charge on any atom is 0.128 e. The highest BCUT2D eigenvalue weighted by molar-refractivity contribution is 5.83. The van der Waals surface area contributed by atoms with Gasteiger partial charge in [-0.25, -0.2) is 4.98 Å². The molecule has 3 rings (SSSR count). The molecule has 3 nitrogen and oxygen atoms in total. The molecule has 1 aromatic carbocycles. The minimum atomic E-state index is 0.835. The van der Waals surface area contributed by atoms with Crippen LogP contribution in [0.2, 0.25) is 0 Å². The van der Waals surface area contributed by atoms with Crippen LogP contribution < -0.4 is 0 Å². The molecule has 0 fully saturated rings. The lowest BCUT2D eigenvalue weighted by atomic mass is 10.1. The van der Waals surface area contributed by atoms with Crippen molar-refractivity contribution < 1.29 is 0 Å². The van der Waals surface area contributed by atoms with Crippen molar-refractivity contribution in [2.24, 2.45) is 0 Å². The van der Waals surface area contributed by atoms with Gasteiger partial charge in [-0.15, -0.1) is 0 Å². The standard InChI is InChI=1S/C16H19N3/c1-3-13-6-5-7-14-8-10-19(16(13)14)12-15-17-9-11-18(15)4-2/h5-11H,3-4,12H2,1-2H3. The van der Waals surface area contributed by atoms with Gasteiger partial charge >= 0.3 is 0 Å². The topological polar surface area (TPSA) is 22.8 Å². The van der Waals surface area contributed by atoms with Gasteiger partial charge in [0, 0.05) is 25.1 Å². The lowest BCUT2D eigenvalue weighted by Gasteiger charge is -2.10. The van der Waals surface area contributed by atoms with Gasteiger partial charge in [0.2, 0.25) is 0 Å². The minimum Gasteiger partial charge on any atom is -0.340 e. The minimum absolute atomic E-state index is 0.835. The number of aryl methyl sites for hydroxylation is 2. The third-order valence-corrected chi connectivity index (χ3v) is 3.71. The second-order valence-corrected chi connectivity index (χ2v) is 4.78. The SMILES string of the molecule is CCc1cccc2ccn(Cc3nccn3CC)c12. The molecule has 2 heterocycles. The zero-order valence-corrected chi connectivity index (χ0v) is 11.5. The summed E-state index contributed by atoms with van der Waals surface area (Å²) < 4.78 is 4.50. The van der Waals surface area contributed by atoms with Crippen LogP contribution in [0.3, 0.4) is 0 Å². The smallest absolute Gasteiger partial charge is 0.128 e. The summed E-state index contributed by atoms with van der Waals surface area (Å²) in [6.07, 6.45) is 7.15. The maximum absolute atomic E-state index is 4.47. The summed E-state index contributed by atoms with van der Waals surface area (Å²) in [5.74, 6) is 1.12. The van der Waals surface area contributed by atoms with E-state index in [2.05, 4.69) is 58.4 Å². The average Bonchev–Trinajstić information content (AvgIpc) is 3.06. The van der Waals surface area contributed by atoms with Crippen LogP contribution in [-0.2, 0) is 19.5 Å². The molecule has 0 radical (unpaired) electrons. The van der Waals surface area contributed by atoms with E-state index in [1.807, 2.05) is 12.4 Å². The molecule has 3 heteroatoms. The molecule has 0 N–H and O–H groups in total. The number of aromatic nitrogens is 3. The lowest BCUT2D eigenvalue weighted by molar-refractivity contribution is 0.661. The Balaban J connectivity index is 2.06. The molecule has 0 atom stereocenters. The van der Waals surface area contributed by atoms with Gasteiger partial charge in [0.25, 0.3) is 0 Å². The first kappa shape index (κ1) is 12.0. The number of benzene rings is 1. The normalized spacial score (nSPS) is 11.3. The molecule has 0 spiro atoms. The van der Waals surface area contributed by atoms with Crippen LogP contribution in [0.5, 0.6) is 0 Å². The Morgan fingerprint density at radius 3 is 2.74 bits per heavy atom. The fourth-order valence-electron chi connectivity index (χ4n) is 2.69. The molecule has 19 heavy (non-hydrogen) atoms. The van der Waals surface area contributed by atoms with Crippen molar-refractivity contribution in [2.75, 3.05) is 0 Å². The Labute approximate surface area is 113 Å². The zero-order valence-electron chi connectivity index (χ0n) is 11.5. The van der Waals surface area contributed by atoms with E-state index in [-0.39, 0.29) is 0 Å². The van der Waals surface area contributed by atoms with E-state index in [1.54, 1.807) is 0 Å². The van der Waals surface area contributed by atoms with Crippen LogP contribution >= 0.6 is 0 Å². The average molecular weight is 253 g/mol. The predicted octanol–water partition coefficient (Wildman–Crippen LogP) is 3.47. The number of hydrogen-bond acceptors (Lipinski definition) is 1. The highest BCUT2D eigenvalue weighted by Gasteiger charge is 2.08. The van der Waals surface area contributed by atoms with E-state index in [0.29, 0.717) is 0 Å². The van der Waals surface area contributed by atoms with Crippen molar-refractivity contribution in [1.82, 2.24) is 14.1 Å². The number of hydrogen-bond donors (Lipinski definition) is 0. The van der Waals surface area contributed by atoms with Crippen LogP contribution in [0.4, 0.5) is 0 Å². The van der Waals surface area contributed by atoms with Gasteiger partial charge in [-0.1, -0.05) is 25.1 Å². The third kappa shape index (κ3) is 2.05. The number of fused-ring (bicyclic) bond motifs is 1. The molecular weight excluding hydrogens is 234 g/mol. The molecule has 0 aliphatic heterocycles. The van der Waals surface area contributed by atoms with Crippen LogP contribution in [0, 0.1) is 0 Å². The summed E-state index contributed by atoms with van der Waals surface area (Å²) >= 11 is 0. The van der Waals surface area contributed by atoms with Gasteiger partial charge in [-0.2, -0.15) is 0 Å². The van der Waals surface area contributed by atoms with Crippen molar-refractivity contribution in [3.8, 4) is 0 Å². The number of imidazole rings is 1. The number of rotatable bonds is 4. The van der Waals surface area contributed by atoms with Gasteiger partial charge in [-0.3, -0.25) is 0 Å². The van der Waals surface area contributed by atoms with Gasteiger partial charge in [0.05, 0.1) is 12.1 Å². The Morgan fingerprint density at radius 2 is 1.95 bits per heavy atom. The Hall–Kier alpha value is -2.03. The fourth-order valence-corrected chi connectivity index (χ4v) is 2.69. The first-order chi connectivity index (χ1) is 9.33. The molecule has 0 unspecified atom stereocenters. The molecule has 0 aliphatic rings. The molecular formula is C16H19N3. The Morgan fingerprint density at radius 1 is 1.05 bits per heavy atom. The van der Waals surface area contributed by atoms with Crippen molar-refractivity contribution in [2.45, 2.75) is 33.4 Å². The molecule has 0 amide bonds. The van der Waals surface area contributed by atoms with Crippen molar-refractivity contribution in [1.29, 1.82) is 0 Å². The van der Waals surface area contributed by atoms with Crippen molar-refractivity contribution in [3.05, 3.63) is 54.2 Å². The molecule has 98 valence electrons. The number of nitrogens with zero attached hydrogens (tertiary/aromatic N) is 3. The number of para-hydroxylation sites is 1.